The van der Waals surface area contributed by atoms with Crippen LogP contribution in [0.2, 0.25) is 0 Å². The van der Waals surface area contributed by atoms with Gasteiger partial charge in [0.2, 0.25) is 0 Å². The molecule has 25 heavy (non-hydrogen) atoms. The van der Waals surface area contributed by atoms with Crippen molar-refractivity contribution in [1.82, 2.24) is 10.2 Å². The molecular formula is C19H24N2O3S. The van der Waals surface area contributed by atoms with Gasteiger partial charge in [-0.15, -0.1) is 11.3 Å². The van der Waals surface area contributed by atoms with E-state index in [1.54, 1.807) is 24.5 Å². The van der Waals surface area contributed by atoms with Gasteiger partial charge in [0.15, 0.2) is 18.1 Å². The van der Waals surface area contributed by atoms with Crippen LogP contribution in [-0.4, -0.2) is 44.2 Å². The summed E-state index contributed by atoms with van der Waals surface area (Å²) in [6.07, 6.45) is 2.46. The van der Waals surface area contributed by atoms with Crippen LogP contribution in [0.5, 0.6) is 11.5 Å². The van der Waals surface area contributed by atoms with Crippen LogP contribution in [0.3, 0.4) is 0 Å². The van der Waals surface area contributed by atoms with Gasteiger partial charge in [0.1, 0.15) is 0 Å². The number of nitrogens with zero attached hydrogens (tertiary/aromatic N) is 1. The van der Waals surface area contributed by atoms with Crippen LogP contribution in [0, 0.1) is 0 Å². The van der Waals surface area contributed by atoms with E-state index in [0.29, 0.717) is 18.0 Å². The molecule has 1 fully saturated rings. The molecule has 1 aliphatic heterocycles. The molecule has 134 valence electrons. The Bertz CT molecular complexity index is 669. The summed E-state index contributed by atoms with van der Waals surface area (Å²) in [6.45, 7) is 2.78. The Morgan fingerprint density at radius 1 is 1.20 bits per heavy atom. The van der Waals surface area contributed by atoms with Crippen molar-refractivity contribution in [2.45, 2.75) is 18.9 Å². The predicted molar refractivity (Wildman–Crippen MR) is 99.4 cm³/mol. The van der Waals surface area contributed by atoms with Crippen LogP contribution in [0.15, 0.2) is 41.8 Å². The highest BCUT2D eigenvalue weighted by atomic mass is 32.1. The molecule has 2 aromatic rings. The van der Waals surface area contributed by atoms with E-state index in [9.17, 15) is 4.79 Å². The Labute approximate surface area is 152 Å². The summed E-state index contributed by atoms with van der Waals surface area (Å²) >= 11 is 1.74. The fraction of sp³-hybridized carbons (Fsp3) is 0.421. The molecule has 6 heteroatoms. The zero-order chi connectivity index (χ0) is 17.5. The number of rotatable bonds is 8. The Morgan fingerprint density at radius 3 is 2.64 bits per heavy atom. The molecule has 1 saturated heterocycles. The number of benzene rings is 1. The normalized spacial score (nSPS) is 15.7. The van der Waals surface area contributed by atoms with E-state index in [1.165, 1.54) is 17.7 Å². The summed E-state index contributed by atoms with van der Waals surface area (Å²) in [5.74, 6) is 1.09. The van der Waals surface area contributed by atoms with Crippen molar-refractivity contribution in [2.75, 3.05) is 33.4 Å². The van der Waals surface area contributed by atoms with Crippen molar-refractivity contribution < 1.29 is 14.3 Å². The standard InChI is InChI=1S/C19H24N2O3S/c1-23-16-7-2-3-8-17(16)24-14-19(22)20-13-15(18-9-6-12-25-18)21-10-4-5-11-21/h2-3,6-9,12,15H,4-5,10-11,13-14H2,1H3,(H,20,22)/t15-/m1/s1. The minimum absolute atomic E-state index is 0.0163. The molecule has 0 bridgehead atoms. The van der Waals surface area contributed by atoms with E-state index >= 15 is 0 Å². The number of amides is 1. The van der Waals surface area contributed by atoms with Gasteiger partial charge in [-0.2, -0.15) is 0 Å². The number of nitrogens with one attached hydrogen (secondary N) is 1. The zero-order valence-electron chi connectivity index (χ0n) is 14.4. The van der Waals surface area contributed by atoms with Gasteiger partial charge in [-0.1, -0.05) is 18.2 Å². The van der Waals surface area contributed by atoms with Crippen LogP contribution in [0.1, 0.15) is 23.8 Å². The first-order valence-corrected chi connectivity index (χ1v) is 9.46. The summed E-state index contributed by atoms with van der Waals surface area (Å²) in [7, 11) is 1.59. The lowest BCUT2D eigenvalue weighted by atomic mass is 10.2. The minimum Gasteiger partial charge on any atom is -0.493 e. The highest BCUT2D eigenvalue weighted by Crippen LogP contribution is 2.28. The Hall–Kier alpha value is -2.05. The molecule has 0 radical (unpaired) electrons. The number of carbonyl (C=O) groups is 1. The lowest BCUT2D eigenvalue weighted by Crippen LogP contribution is -2.38. The number of carbonyl (C=O) groups excluding carboxylic acids is 1. The fourth-order valence-corrected chi connectivity index (χ4v) is 3.95. The third kappa shape index (κ3) is 4.74. The van der Waals surface area contributed by atoms with E-state index in [4.69, 9.17) is 9.47 Å². The van der Waals surface area contributed by atoms with E-state index in [0.717, 1.165) is 13.1 Å². The first-order chi connectivity index (χ1) is 12.3. The quantitative estimate of drug-likeness (QED) is 0.786. The molecular weight excluding hydrogens is 336 g/mol. The summed E-state index contributed by atoms with van der Waals surface area (Å²) in [4.78, 5) is 16.0. The Morgan fingerprint density at radius 2 is 1.96 bits per heavy atom. The molecule has 1 amide bonds. The molecule has 5 nitrogen and oxygen atoms in total. The molecule has 3 rings (SSSR count). The first-order valence-electron chi connectivity index (χ1n) is 8.58. The lowest BCUT2D eigenvalue weighted by molar-refractivity contribution is -0.123. The lowest BCUT2D eigenvalue weighted by Gasteiger charge is -2.26. The molecule has 0 aliphatic carbocycles. The van der Waals surface area contributed by atoms with Crippen molar-refractivity contribution in [1.29, 1.82) is 0 Å². The summed E-state index contributed by atoms with van der Waals surface area (Å²) in [6, 6.07) is 11.8. The number of para-hydroxylation sites is 2. The summed E-state index contributed by atoms with van der Waals surface area (Å²) in [5.41, 5.74) is 0. The van der Waals surface area contributed by atoms with Gasteiger partial charge < -0.3 is 14.8 Å². The van der Waals surface area contributed by atoms with Crippen molar-refractivity contribution >= 4 is 17.2 Å². The SMILES string of the molecule is COc1ccccc1OCC(=O)NC[C@H](c1cccs1)N1CCCC1. The highest BCUT2D eigenvalue weighted by Gasteiger charge is 2.24. The number of hydrogen-bond acceptors (Lipinski definition) is 5. The first kappa shape index (κ1) is 17.8. The van der Waals surface area contributed by atoms with Gasteiger partial charge in [-0.25, -0.2) is 0 Å². The second kappa shape index (κ2) is 8.87. The van der Waals surface area contributed by atoms with Gasteiger partial charge >= 0.3 is 0 Å². The van der Waals surface area contributed by atoms with Crippen LogP contribution >= 0.6 is 11.3 Å². The van der Waals surface area contributed by atoms with Crippen molar-refractivity contribution in [3.63, 3.8) is 0 Å². The van der Waals surface area contributed by atoms with Gasteiger partial charge in [0, 0.05) is 11.4 Å². The van der Waals surface area contributed by atoms with Crippen molar-refractivity contribution in [3.8, 4) is 11.5 Å². The maximum absolute atomic E-state index is 12.2. The maximum atomic E-state index is 12.2. The number of likely N-dealkylation sites (tertiary alicyclic amines) is 1. The molecule has 0 spiro atoms. The van der Waals surface area contributed by atoms with Crippen LogP contribution in [-0.2, 0) is 4.79 Å². The molecule has 1 atom stereocenters. The summed E-state index contributed by atoms with van der Waals surface area (Å²) < 4.78 is 10.8. The summed E-state index contributed by atoms with van der Waals surface area (Å²) in [5, 5.41) is 5.10. The Balaban J connectivity index is 1.53. The topological polar surface area (TPSA) is 50.8 Å². The molecule has 2 heterocycles. The third-order valence-electron chi connectivity index (χ3n) is 4.37. The zero-order valence-corrected chi connectivity index (χ0v) is 15.3. The van der Waals surface area contributed by atoms with Gasteiger partial charge in [0.25, 0.3) is 5.91 Å². The van der Waals surface area contributed by atoms with E-state index in [1.807, 2.05) is 18.2 Å². The van der Waals surface area contributed by atoms with Gasteiger partial charge in [0.05, 0.1) is 13.2 Å². The second-order valence-electron chi connectivity index (χ2n) is 6.02. The number of ether oxygens (including phenoxy) is 2. The highest BCUT2D eigenvalue weighted by molar-refractivity contribution is 7.10. The van der Waals surface area contributed by atoms with Crippen LogP contribution in [0.4, 0.5) is 0 Å². The van der Waals surface area contributed by atoms with Crippen LogP contribution in [0.25, 0.3) is 0 Å². The Kier molecular flexibility index (Phi) is 6.30. The van der Waals surface area contributed by atoms with E-state index < -0.39 is 0 Å². The smallest absolute Gasteiger partial charge is 0.258 e. The fourth-order valence-electron chi connectivity index (χ4n) is 3.09. The molecule has 1 N–H and O–H groups in total. The average molecular weight is 360 g/mol. The molecule has 1 aromatic carbocycles. The van der Waals surface area contributed by atoms with E-state index in [-0.39, 0.29) is 18.6 Å². The number of hydrogen-bond donors (Lipinski definition) is 1. The second-order valence-corrected chi connectivity index (χ2v) is 7.00. The monoisotopic (exact) mass is 360 g/mol. The molecule has 0 saturated carbocycles. The molecule has 1 aliphatic rings. The van der Waals surface area contributed by atoms with Crippen LogP contribution < -0.4 is 14.8 Å². The van der Waals surface area contributed by atoms with E-state index in [2.05, 4.69) is 27.7 Å². The van der Waals surface area contributed by atoms with Crippen molar-refractivity contribution in [3.05, 3.63) is 46.7 Å². The number of methoxy groups -OCH3 is 1. The third-order valence-corrected chi connectivity index (χ3v) is 5.35. The molecule has 0 unspecified atom stereocenters. The predicted octanol–water partition coefficient (Wildman–Crippen LogP) is 3.09. The largest absolute Gasteiger partial charge is 0.493 e. The molecule has 1 aromatic heterocycles. The minimum atomic E-state index is -0.119. The van der Waals surface area contributed by atoms with Gasteiger partial charge in [-0.3, -0.25) is 9.69 Å². The average Bonchev–Trinajstić information content (AvgIpc) is 3.35. The van der Waals surface area contributed by atoms with Gasteiger partial charge in [-0.05, 0) is 49.5 Å². The maximum Gasteiger partial charge on any atom is 0.258 e. The number of thiophene rings is 1. The van der Waals surface area contributed by atoms with Crippen molar-refractivity contribution in [2.24, 2.45) is 0 Å².